The third-order valence-electron chi connectivity index (χ3n) is 1.63. The Bertz CT molecular complexity index is 299. The average molecular weight is 247 g/mol. The summed E-state index contributed by atoms with van der Waals surface area (Å²) >= 11 is 3.33. The SMILES string of the molecule is CC(C)SCc1nnc(SCCN)n1N. The normalized spacial score (nSPS) is 11.2. The smallest absolute Gasteiger partial charge is 0.209 e. The first-order chi connectivity index (χ1) is 7.15. The van der Waals surface area contributed by atoms with Gasteiger partial charge < -0.3 is 11.6 Å². The summed E-state index contributed by atoms with van der Waals surface area (Å²) in [5.74, 6) is 8.27. The van der Waals surface area contributed by atoms with Crippen LogP contribution in [0.25, 0.3) is 0 Å². The van der Waals surface area contributed by atoms with Crippen molar-refractivity contribution in [3.05, 3.63) is 5.82 Å². The molecule has 1 aromatic heterocycles. The molecule has 4 N–H and O–H groups in total. The van der Waals surface area contributed by atoms with Crippen molar-refractivity contribution < 1.29 is 0 Å². The summed E-state index contributed by atoms with van der Waals surface area (Å²) in [6.45, 7) is 4.91. The molecular weight excluding hydrogens is 230 g/mol. The van der Waals surface area contributed by atoms with Crippen LogP contribution in [0.2, 0.25) is 0 Å². The maximum Gasteiger partial charge on any atom is 0.209 e. The van der Waals surface area contributed by atoms with Crippen LogP contribution < -0.4 is 11.6 Å². The Balaban J connectivity index is 2.54. The Morgan fingerprint density at radius 2 is 2.13 bits per heavy atom. The lowest BCUT2D eigenvalue weighted by Gasteiger charge is -2.04. The lowest BCUT2D eigenvalue weighted by atomic mass is 10.6. The highest BCUT2D eigenvalue weighted by Crippen LogP contribution is 2.18. The molecule has 0 aliphatic heterocycles. The molecule has 0 saturated heterocycles. The van der Waals surface area contributed by atoms with Crippen molar-refractivity contribution in [3.8, 4) is 0 Å². The highest BCUT2D eigenvalue weighted by Gasteiger charge is 2.10. The fourth-order valence-electron chi connectivity index (χ4n) is 0.895. The summed E-state index contributed by atoms with van der Waals surface area (Å²) in [6.07, 6.45) is 0. The van der Waals surface area contributed by atoms with Gasteiger partial charge in [0.15, 0.2) is 5.82 Å². The molecule has 86 valence electrons. The van der Waals surface area contributed by atoms with Crippen molar-refractivity contribution in [1.29, 1.82) is 0 Å². The van der Waals surface area contributed by atoms with Crippen LogP contribution in [0.3, 0.4) is 0 Å². The average Bonchev–Trinajstić information content (AvgIpc) is 2.54. The molecule has 0 amide bonds. The van der Waals surface area contributed by atoms with Crippen LogP contribution in [0.4, 0.5) is 0 Å². The summed E-state index contributed by atoms with van der Waals surface area (Å²) in [5.41, 5.74) is 5.41. The molecule has 0 fully saturated rings. The van der Waals surface area contributed by atoms with Crippen LogP contribution >= 0.6 is 23.5 Å². The van der Waals surface area contributed by atoms with E-state index in [1.165, 1.54) is 11.8 Å². The Hall–Kier alpha value is -0.400. The molecule has 5 nitrogen and oxygen atoms in total. The molecule has 1 aromatic rings. The fourth-order valence-corrected chi connectivity index (χ4v) is 2.22. The minimum atomic E-state index is 0.571. The lowest BCUT2D eigenvalue weighted by Crippen LogP contribution is -2.14. The minimum Gasteiger partial charge on any atom is -0.336 e. The largest absolute Gasteiger partial charge is 0.336 e. The van der Waals surface area contributed by atoms with Crippen molar-refractivity contribution >= 4 is 23.5 Å². The van der Waals surface area contributed by atoms with E-state index in [1.807, 2.05) is 0 Å². The molecule has 0 radical (unpaired) electrons. The zero-order chi connectivity index (χ0) is 11.3. The van der Waals surface area contributed by atoms with E-state index in [0.29, 0.717) is 11.8 Å². The van der Waals surface area contributed by atoms with Crippen molar-refractivity contribution in [2.75, 3.05) is 18.1 Å². The molecule has 7 heteroatoms. The number of hydrogen-bond donors (Lipinski definition) is 2. The predicted octanol–water partition coefficient (Wildman–Crippen LogP) is 0.684. The van der Waals surface area contributed by atoms with Gasteiger partial charge in [-0.25, -0.2) is 4.68 Å². The molecule has 0 spiro atoms. The second-order valence-electron chi connectivity index (χ2n) is 3.27. The maximum atomic E-state index is 5.85. The first-order valence-electron chi connectivity index (χ1n) is 4.79. The second kappa shape index (κ2) is 6.24. The van der Waals surface area contributed by atoms with Gasteiger partial charge in [0.25, 0.3) is 0 Å². The zero-order valence-corrected chi connectivity index (χ0v) is 10.6. The fraction of sp³-hybridized carbons (Fsp3) is 0.750. The minimum absolute atomic E-state index is 0.571. The van der Waals surface area contributed by atoms with Crippen molar-refractivity contribution in [2.45, 2.75) is 30.0 Å². The van der Waals surface area contributed by atoms with Gasteiger partial charge >= 0.3 is 0 Å². The Labute approximate surface area is 98.3 Å². The van der Waals surface area contributed by atoms with Gasteiger partial charge in [0, 0.05) is 12.3 Å². The molecular formula is C8H17N5S2. The topological polar surface area (TPSA) is 82.8 Å². The van der Waals surface area contributed by atoms with Gasteiger partial charge in [0.2, 0.25) is 5.16 Å². The number of nitrogens with zero attached hydrogens (tertiary/aromatic N) is 3. The van der Waals surface area contributed by atoms with E-state index >= 15 is 0 Å². The van der Waals surface area contributed by atoms with E-state index in [2.05, 4.69) is 24.0 Å². The Morgan fingerprint density at radius 3 is 2.73 bits per heavy atom. The molecule has 0 bridgehead atoms. The number of aromatic nitrogens is 3. The van der Waals surface area contributed by atoms with Gasteiger partial charge in [-0.3, -0.25) is 0 Å². The molecule has 1 heterocycles. The van der Waals surface area contributed by atoms with Crippen LogP contribution in [0.15, 0.2) is 5.16 Å². The second-order valence-corrected chi connectivity index (χ2v) is 5.89. The van der Waals surface area contributed by atoms with Crippen molar-refractivity contribution in [3.63, 3.8) is 0 Å². The van der Waals surface area contributed by atoms with Gasteiger partial charge in [0.1, 0.15) is 0 Å². The van der Waals surface area contributed by atoms with Gasteiger partial charge in [-0.15, -0.1) is 10.2 Å². The first kappa shape index (κ1) is 12.7. The van der Waals surface area contributed by atoms with Crippen LogP contribution in [0, 0.1) is 0 Å². The van der Waals surface area contributed by atoms with Gasteiger partial charge in [-0.2, -0.15) is 11.8 Å². The van der Waals surface area contributed by atoms with Crippen LogP contribution in [0.1, 0.15) is 19.7 Å². The van der Waals surface area contributed by atoms with Crippen molar-refractivity contribution in [2.24, 2.45) is 5.73 Å². The number of nitrogen functional groups attached to an aromatic ring is 1. The number of nitrogens with two attached hydrogens (primary N) is 2. The molecule has 15 heavy (non-hydrogen) atoms. The molecule has 0 aromatic carbocycles. The van der Waals surface area contributed by atoms with Gasteiger partial charge in [-0.05, 0) is 5.25 Å². The Kier molecular flexibility index (Phi) is 5.27. The molecule has 0 aliphatic carbocycles. The van der Waals surface area contributed by atoms with E-state index in [4.69, 9.17) is 11.6 Å². The van der Waals surface area contributed by atoms with E-state index in [-0.39, 0.29) is 0 Å². The third-order valence-corrected chi connectivity index (χ3v) is 3.70. The highest BCUT2D eigenvalue weighted by molar-refractivity contribution is 7.99. The van der Waals surface area contributed by atoms with E-state index in [1.54, 1.807) is 16.4 Å². The first-order valence-corrected chi connectivity index (χ1v) is 6.82. The third kappa shape index (κ3) is 3.92. The molecule has 0 aliphatic rings. The van der Waals surface area contributed by atoms with Crippen LogP contribution in [-0.2, 0) is 5.75 Å². The predicted molar refractivity (Wildman–Crippen MR) is 66.4 cm³/mol. The van der Waals surface area contributed by atoms with Crippen LogP contribution in [-0.4, -0.2) is 32.4 Å². The van der Waals surface area contributed by atoms with Crippen molar-refractivity contribution in [1.82, 2.24) is 14.9 Å². The standard InChI is InChI=1S/C8H17N5S2/c1-6(2)15-5-7-11-12-8(13(7)10)14-4-3-9/h6H,3-5,9-10H2,1-2H3. The van der Waals surface area contributed by atoms with Gasteiger partial charge in [-0.1, -0.05) is 25.6 Å². The van der Waals surface area contributed by atoms with Gasteiger partial charge in [0.05, 0.1) is 5.75 Å². The summed E-state index contributed by atoms with van der Waals surface area (Å²) in [6, 6.07) is 0. The monoisotopic (exact) mass is 247 g/mol. The van der Waals surface area contributed by atoms with E-state index < -0.39 is 0 Å². The highest BCUT2D eigenvalue weighted by atomic mass is 32.2. The number of thioether (sulfide) groups is 2. The molecule has 0 saturated carbocycles. The molecule has 1 rings (SSSR count). The lowest BCUT2D eigenvalue weighted by molar-refractivity contribution is 0.820. The number of hydrogen-bond acceptors (Lipinski definition) is 6. The van der Waals surface area contributed by atoms with E-state index in [0.717, 1.165) is 22.5 Å². The van der Waals surface area contributed by atoms with Crippen LogP contribution in [0.5, 0.6) is 0 Å². The molecule has 0 unspecified atom stereocenters. The Morgan fingerprint density at radius 1 is 1.40 bits per heavy atom. The number of rotatable bonds is 6. The molecule has 0 atom stereocenters. The van der Waals surface area contributed by atoms with E-state index in [9.17, 15) is 0 Å². The quantitative estimate of drug-likeness (QED) is 0.568. The maximum absolute atomic E-state index is 5.85. The summed E-state index contributed by atoms with van der Waals surface area (Å²) in [4.78, 5) is 0. The summed E-state index contributed by atoms with van der Waals surface area (Å²) in [5, 5.41) is 9.37. The summed E-state index contributed by atoms with van der Waals surface area (Å²) < 4.78 is 1.55. The zero-order valence-electron chi connectivity index (χ0n) is 9.01. The summed E-state index contributed by atoms with van der Waals surface area (Å²) in [7, 11) is 0.